The monoisotopic (exact) mass is 221 g/mol. The number of nitrogens with zero attached hydrogens (tertiary/aromatic N) is 2. The summed E-state index contributed by atoms with van der Waals surface area (Å²) < 4.78 is 2.15. The zero-order chi connectivity index (χ0) is 11.7. The fourth-order valence-corrected chi connectivity index (χ4v) is 2.67. The fourth-order valence-electron chi connectivity index (χ4n) is 2.67. The van der Waals surface area contributed by atoms with E-state index in [4.69, 9.17) is 0 Å². The Hall–Kier alpha value is -0.830. The van der Waals surface area contributed by atoms with Crippen molar-refractivity contribution in [3.8, 4) is 0 Å². The molecule has 2 heterocycles. The Kier molecular flexibility index (Phi) is 3.33. The van der Waals surface area contributed by atoms with Crippen molar-refractivity contribution >= 4 is 0 Å². The Bertz CT molecular complexity index is 359. The van der Waals surface area contributed by atoms with E-state index in [9.17, 15) is 0 Å². The second-order valence-corrected chi connectivity index (χ2v) is 5.19. The lowest BCUT2D eigenvalue weighted by atomic mass is 10.0. The average Bonchev–Trinajstić information content (AvgIpc) is 2.81. The molecule has 1 saturated heterocycles. The van der Waals surface area contributed by atoms with E-state index in [1.54, 1.807) is 0 Å². The SMILES string of the molecule is Cc1nn(C(C)C)c(C)c1CC1CCCN1. The molecule has 3 nitrogen and oxygen atoms in total. The predicted octanol–water partition coefficient (Wildman–Crippen LogP) is 2.38. The predicted molar refractivity (Wildman–Crippen MR) is 66.8 cm³/mol. The molecule has 16 heavy (non-hydrogen) atoms. The summed E-state index contributed by atoms with van der Waals surface area (Å²) in [5.74, 6) is 0. The minimum atomic E-state index is 0.462. The molecule has 1 unspecified atom stereocenters. The van der Waals surface area contributed by atoms with Gasteiger partial charge in [0, 0.05) is 17.8 Å². The zero-order valence-corrected chi connectivity index (χ0v) is 10.9. The summed E-state index contributed by atoms with van der Waals surface area (Å²) in [6.07, 6.45) is 3.78. The van der Waals surface area contributed by atoms with Gasteiger partial charge >= 0.3 is 0 Å². The lowest BCUT2D eigenvalue weighted by Crippen LogP contribution is -2.24. The molecular weight excluding hydrogens is 198 g/mol. The molecule has 1 aliphatic rings. The molecule has 3 heteroatoms. The molecule has 0 aliphatic carbocycles. The average molecular weight is 221 g/mol. The molecule has 1 aliphatic heterocycles. The fraction of sp³-hybridized carbons (Fsp3) is 0.769. The van der Waals surface area contributed by atoms with E-state index in [-0.39, 0.29) is 0 Å². The molecule has 1 aromatic heterocycles. The van der Waals surface area contributed by atoms with Gasteiger partial charge in [-0.2, -0.15) is 5.10 Å². The molecule has 0 saturated carbocycles. The first-order valence-corrected chi connectivity index (χ1v) is 6.37. The summed E-state index contributed by atoms with van der Waals surface area (Å²) in [4.78, 5) is 0. The summed E-state index contributed by atoms with van der Waals surface area (Å²) in [5, 5.41) is 8.20. The second kappa shape index (κ2) is 4.58. The van der Waals surface area contributed by atoms with E-state index in [0.29, 0.717) is 12.1 Å². The molecule has 0 bridgehead atoms. The topological polar surface area (TPSA) is 29.9 Å². The van der Waals surface area contributed by atoms with Crippen molar-refractivity contribution in [2.24, 2.45) is 0 Å². The second-order valence-electron chi connectivity index (χ2n) is 5.19. The lowest BCUT2D eigenvalue weighted by molar-refractivity contribution is 0.514. The van der Waals surface area contributed by atoms with Crippen LogP contribution in [0.5, 0.6) is 0 Å². The van der Waals surface area contributed by atoms with Gasteiger partial charge in [-0.1, -0.05) is 0 Å². The molecule has 1 aromatic rings. The van der Waals surface area contributed by atoms with Gasteiger partial charge in [0.15, 0.2) is 0 Å². The van der Waals surface area contributed by atoms with Gasteiger partial charge in [0.2, 0.25) is 0 Å². The van der Waals surface area contributed by atoms with Crippen molar-refractivity contribution in [1.29, 1.82) is 0 Å². The van der Waals surface area contributed by atoms with Gasteiger partial charge in [-0.3, -0.25) is 4.68 Å². The van der Waals surface area contributed by atoms with Gasteiger partial charge in [-0.15, -0.1) is 0 Å². The van der Waals surface area contributed by atoms with Gasteiger partial charge in [0.05, 0.1) is 5.69 Å². The molecule has 1 atom stereocenters. The Morgan fingerprint density at radius 3 is 2.69 bits per heavy atom. The summed E-state index contributed by atoms with van der Waals surface area (Å²) in [6, 6.07) is 1.13. The highest BCUT2D eigenvalue weighted by Crippen LogP contribution is 2.21. The van der Waals surface area contributed by atoms with Crippen LogP contribution in [0.1, 0.15) is 49.7 Å². The van der Waals surface area contributed by atoms with Crippen molar-refractivity contribution in [3.63, 3.8) is 0 Å². The third-order valence-corrected chi connectivity index (χ3v) is 3.58. The number of hydrogen-bond donors (Lipinski definition) is 1. The maximum atomic E-state index is 4.64. The summed E-state index contributed by atoms with van der Waals surface area (Å²) in [7, 11) is 0. The van der Waals surface area contributed by atoms with Crippen LogP contribution in [-0.4, -0.2) is 22.4 Å². The van der Waals surface area contributed by atoms with Crippen molar-refractivity contribution in [2.75, 3.05) is 6.54 Å². The van der Waals surface area contributed by atoms with E-state index in [0.717, 1.165) is 6.42 Å². The highest BCUT2D eigenvalue weighted by Gasteiger charge is 2.20. The Morgan fingerprint density at radius 1 is 1.44 bits per heavy atom. The van der Waals surface area contributed by atoms with Gasteiger partial charge in [-0.25, -0.2) is 0 Å². The van der Waals surface area contributed by atoms with E-state index >= 15 is 0 Å². The van der Waals surface area contributed by atoms with Crippen LogP contribution in [0.15, 0.2) is 0 Å². The minimum absolute atomic E-state index is 0.462. The van der Waals surface area contributed by atoms with Crippen molar-refractivity contribution in [3.05, 3.63) is 17.0 Å². The van der Waals surface area contributed by atoms with Gasteiger partial charge < -0.3 is 5.32 Å². The third kappa shape index (κ3) is 2.14. The zero-order valence-electron chi connectivity index (χ0n) is 10.9. The molecule has 90 valence electrons. The maximum Gasteiger partial charge on any atom is 0.0629 e. The minimum Gasteiger partial charge on any atom is -0.314 e. The molecule has 0 spiro atoms. The van der Waals surface area contributed by atoms with Crippen LogP contribution in [0, 0.1) is 13.8 Å². The smallest absolute Gasteiger partial charge is 0.0629 e. The number of rotatable bonds is 3. The van der Waals surface area contributed by atoms with Crippen LogP contribution in [0.3, 0.4) is 0 Å². The number of aromatic nitrogens is 2. The summed E-state index contributed by atoms with van der Waals surface area (Å²) in [5.41, 5.74) is 4.01. The van der Waals surface area contributed by atoms with Crippen LogP contribution in [0.4, 0.5) is 0 Å². The van der Waals surface area contributed by atoms with Crippen molar-refractivity contribution < 1.29 is 0 Å². The standard InChI is InChI=1S/C13H23N3/c1-9(2)16-11(4)13(10(3)15-16)8-12-6-5-7-14-12/h9,12,14H,5-8H2,1-4H3. The van der Waals surface area contributed by atoms with Crippen LogP contribution >= 0.6 is 0 Å². The van der Waals surface area contributed by atoms with E-state index in [1.807, 2.05) is 0 Å². The summed E-state index contributed by atoms with van der Waals surface area (Å²) in [6.45, 7) is 9.90. The molecule has 1 fully saturated rings. The van der Waals surface area contributed by atoms with E-state index < -0.39 is 0 Å². The maximum absolute atomic E-state index is 4.64. The molecule has 2 rings (SSSR count). The Balaban J connectivity index is 2.19. The lowest BCUT2D eigenvalue weighted by Gasteiger charge is -2.12. The molecule has 0 amide bonds. The third-order valence-electron chi connectivity index (χ3n) is 3.58. The van der Waals surface area contributed by atoms with E-state index in [1.165, 1.54) is 36.3 Å². The first kappa shape index (κ1) is 11.6. The number of nitrogens with one attached hydrogen (secondary N) is 1. The Labute approximate surface area is 98.2 Å². The van der Waals surface area contributed by atoms with Gasteiger partial charge in [0.25, 0.3) is 0 Å². The Morgan fingerprint density at radius 2 is 2.19 bits per heavy atom. The van der Waals surface area contributed by atoms with Gasteiger partial charge in [-0.05, 0) is 59.1 Å². The van der Waals surface area contributed by atoms with Crippen LogP contribution in [0.2, 0.25) is 0 Å². The quantitative estimate of drug-likeness (QED) is 0.849. The number of hydrogen-bond acceptors (Lipinski definition) is 2. The first-order chi connectivity index (χ1) is 7.59. The highest BCUT2D eigenvalue weighted by atomic mass is 15.3. The highest BCUT2D eigenvalue weighted by molar-refractivity contribution is 5.26. The van der Waals surface area contributed by atoms with Gasteiger partial charge in [0.1, 0.15) is 0 Å². The first-order valence-electron chi connectivity index (χ1n) is 6.37. The molecule has 1 N–H and O–H groups in total. The van der Waals surface area contributed by atoms with Crippen LogP contribution < -0.4 is 5.32 Å². The van der Waals surface area contributed by atoms with E-state index in [2.05, 4.69) is 42.8 Å². The van der Waals surface area contributed by atoms with Crippen LogP contribution in [-0.2, 0) is 6.42 Å². The van der Waals surface area contributed by atoms with Crippen LogP contribution in [0.25, 0.3) is 0 Å². The normalized spacial score (nSPS) is 20.9. The molecule has 0 aromatic carbocycles. The van der Waals surface area contributed by atoms with Crippen molar-refractivity contribution in [2.45, 2.75) is 59.0 Å². The molecular formula is C13H23N3. The van der Waals surface area contributed by atoms with Crippen molar-refractivity contribution in [1.82, 2.24) is 15.1 Å². The number of aryl methyl sites for hydroxylation is 1. The summed E-state index contributed by atoms with van der Waals surface area (Å²) >= 11 is 0. The molecule has 0 radical (unpaired) electrons. The largest absolute Gasteiger partial charge is 0.314 e.